The van der Waals surface area contributed by atoms with Crippen molar-refractivity contribution in [3.63, 3.8) is 0 Å². The third kappa shape index (κ3) is 2.63. The Morgan fingerprint density at radius 2 is 2.14 bits per heavy atom. The Labute approximate surface area is 89.5 Å². The molecule has 1 aromatic carbocycles. The van der Waals surface area contributed by atoms with Gasteiger partial charge in [0.05, 0.1) is 13.2 Å². The van der Waals surface area contributed by atoms with Crippen LogP contribution in [0.15, 0.2) is 12.1 Å². The van der Waals surface area contributed by atoms with E-state index in [1.54, 1.807) is 14.0 Å². The molecule has 78 valence electrons. The number of hydrogen-bond acceptors (Lipinski definition) is 2. The number of benzene rings is 1. The van der Waals surface area contributed by atoms with Gasteiger partial charge in [-0.3, -0.25) is 0 Å². The number of rotatable bonds is 3. The predicted molar refractivity (Wildman–Crippen MR) is 58.1 cm³/mol. The number of aliphatic hydroxyl groups excluding tert-OH is 1. The van der Waals surface area contributed by atoms with Gasteiger partial charge < -0.3 is 9.84 Å². The summed E-state index contributed by atoms with van der Waals surface area (Å²) in [7, 11) is 1.62. The second-order valence-corrected chi connectivity index (χ2v) is 3.87. The number of methoxy groups -OCH3 is 1. The second-order valence-electron chi connectivity index (χ2n) is 3.47. The number of halogens is 1. The van der Waals surface area contributed by atoms with Crippen LogP contribution in [0.1, 0.15) is 18.1 Å². The van der Waals surface area contributed by atoms with Gasteiger partial charge in [0.15, 0.2) is 0 Å². The summed E-state index contributed by atoms with van der Waals surface area (Å²) in [5.74, 6) is 0.785. The van der Waals surface area contributed by atoms with Gasteiger partial charge in [-0.25, -0.2) is 0 Å². The molecule has 1 atom stereocenters. The van der Waals surface area contributed by atoms with Crippen LogP contribution in [-0.2, 0) is 6.42 Å². The zero-order valence-corrected chi connectivity index (χ0v) is 9.43. The molecule has 0 aliphatic rings. The Morgan fingerprint density at radius 3 is 2.64 bits per heavy atom. The molecule has 0 aliphatic carbocycles. The summed E-state index contributed by atoms with van der Waals surface area (Å²) in [5, 5.41) is 10.00. The lowest BCUT2D eigenvalue weighted by Gasteiger charge is -2.12. The summed E-state index contributed by atoms with van der Waals surface area (Å²) >= 11 is 5.99. The molecule has 1 unspecified atom stereocenters. The molecular formula is C11H15ClO2. The molecule has 0 spiro atoms. The molecule has 0 heterocycles. The van der Waals surface area contributed by atoms with Gasteiger partial charge in [0, 0.05) is 11.4 Å². The highest BCUT2D eigenvalue weighted by atomic mass is 35.5. The number of aryl methyl sites for hydroxylation is 1. The van der Waals surface area contributed by atoms with E-state index in [-0.39, 0.29) is 6.10 Å². The summed E-state index contributed by atoms with van der Waals surface area (Å²) in [4.78, 5) is 0. The quantitative estimate of drug-likeness (QED) is 0.838. The van der Waals surface area contributed by atoms with Gasteiger partial charge in [-0.2, -0.15) is 0 Å². The van der Waals surface area contributed by atoms with E-state index in [4.69, 9.17) is 16.3 Å². The summed E-state index contributed by atoms with van der Waals surface area (Å²) < 4.78 is 5.21. The Bertz CT molecular complexity index is 321. The molecule has 0 aromatic heterocycles. The lowest BCUT2D eigenvalue weighted by Crippen LogP contribution is -2.06. The average Bonchev–Trinajstić information content (AvgIpc) is 2.10. The summed E-state index contributed by atoms with van der Waals surface area (Å²) in [6.07, 6.45) is 0.172. The van der Waals surface area contributed by atoms with Crippen LogP contribution in [0.25, 0.3) is 0 Å². The molecule has 14 heavy (non-hydrogen) atoms. The summed E-state index contributed by atoms with van der Waals surface area (Å²) in [5.41, 5.74) is 1.93. The van der Waals surface area contributed by atoms with Crippen LogP contribution in [0.5, 0.6) is 5.75 Å². The fraction of sp³-hybridized carbons (Fsp3) is 0.455. The fourth-order valence-electron chi connectivity index (χ4n) is 1.36. The Balaban J connectivity index is 3.07. The highest BCUT2D eigenvalue weighted by Gasteiger charge is 2.08. The van der Waals surface area contributed by atoms with Crippen LogP contribution in [0, 0.1) is 6.92 Å². The first-order valence-electron chi connectivity index (χ1n) is 4.55. The topological polar surface area (TPSA) is 29.5 Å². The molecule has 0 saturated heterocycles. The van der Waals surface area contributed by atoms with Gasteiger partial charge >= 0.3 is 0 Å². The highest BCUT2D eigenvalue weighted by molar-refractivity contribution is 6.31. The van der Waals surface area contributed by atoms with Crippen LogP contribution in [0.4, 0.5) is 0 Å². The minimum atomic E-state index is -0.386. The zero-order chi connectivity index (χ0) is 10.7. The predicted octanol–water partition coefficient (Wildman–Crippen LogP) is 2.58. The lowest BCUT2D eigenvalue weighted by molar-refractivity contribution is 0.194. The zero-order valence-electron chi connectivity index (χ0n) is 8.67. The van der Waals surface area contributed by atoms with Crippen molar-refractivity contribution in [2.24, 2.45) is 0 Å². The van der Waals surface area contributed by atoms with Gasteiger partial charge in [0.1, 0.15) is 5.75 Å². The van der Waals surface area contributed by atoms with Crippen LogP contribution >= 0.6 is 11.6 Å². The van der Waals surface area contributed by atoms with Gasteiger partial charge in [0.25, 0.3) is 0 Å². The van der Waals surface area contributed by atoms with Gasteiger partial charge in [0.2, 0.25) is 0 Å². The first kappa shape index (κ1) is 11.3. The first-order chi connectivity index (χ1) is 6.54. The molecule has 1 N–H and O–H groups in total. The van der Waals surface area contributed by atoms with Gasteiger partial charge in [-0.1, -0.05) is 11.6 Å². The number of ether oxygens (including phenoxy) is 1. The van der Waals surface area contributed by atoms with Gasteiger partial charge in [-0.05, 0) is 37.1 Å². The minimum absolute atomic E-state index is 0.386. The van der Waals surface area contributed by atoms with Crippen LogP contribution < -0.4 is 4.74 Å². The Kier molecular flexibility index (Phi) is 3.78. The van der Waals surface area contributed by atoms with E-state index in [2.05, 4.69) is 0 Å². The molecule has 1 rings (SSSR count). The Hall–Kier alpha value is -0.730. The molecule has 0 saturated carbocycles. The van der Waals surface area contributed by atoms with E-state index in [1.807, 2.05) is 19.1 Å². The highest BCUT2D eigenvalue weighted by Crippen LogP contribution is 2.27. The van der Waals surface area contributed by atoms with E-state index >= 15 is 0 Å². The van der Waals surface area contributed by atoms with Crippen LogP contribution in [0.3, 0.4) is 0 Å². The van der Waals surface area contributed by atoms with Crippen molar-refractivity contribution in [2.45, 2.75) is 26.4 Å². The van der Waals surface area contributed by atoms with Crippen molar-refractivity contribution in [1.82, 2.24) is 0 Å². The monoisotopic (exact) mass is 214 g/mol. The normalized spacial score (nSPS) is 12.6. The van der Waals surface area contributed by atoms with Crippen molar-refractivity contribution >= 4 is 11.6 Å². The molecular weight excluding hydrogens is 200 g/mol. The molecule has 3 heteroatoms. The third-order valence-electron chi connectivity index (χ3n) is 2.08. The van der Waals surface area contributed by atoms with E-state index in [1.165, 1.54) is 0 Å². The standard InChI is InChI=1S/C11H15ClO2/c1-7-4-11(14-3)9(5-8(2)13)6-10(7)12/h4,6,8,13H,5H2,1-3H3. The van der Waals surface area contributed by atoms with E-state index in [0.29, 0.717) is 11.4 Å². The molecule has 0 radical (unpaired) electrons. The van der Waals surface area contributed by atoms with Crippen molar-refractivity contribution in [2.75, 3.05) is 7.11 Å². The van der Waals surface area contributed by atoms with E-state index in [9.17, 15) is 5.11 Å². The smallest absolute Gasteiger partial charge is 0.122 e. The SMILES string of the molecule is COc1cc(C)c(Cl)cc1CC(C)O. The third-order valence-corrected chi connectivity index (χ3v) is 2.48. The van der Waals surface area contributed by atoms with Crippen LogP contribution in [-0.4, -0.2) is 18.3 Å². The van der Waals surface area contributed by atoms with E-state index < -0.39 is 0 Å². The molecule has 2 nitrogen and oxygen atoms in total. The van der Waals surface area contributed by atoms with Crippen molar-refractivity contribution in [3.8, 4) is 5.75 Å². The van der Waals surface area contributed by atoms with Crippen molar-refractivity contribution < 1.29 is 9.84 Å². The second kappa shape index (κ2) is 4.67. The number of hydrogen-bond donors (Lipinski definition) is 1. The molecule has 0 aliphatic heterocycles. The fourth-order valence-corrected chi connectivity index (χ4v) is 1.55. The molecule has 0 amide bonds. The van der Waals surface area contributed by atoms with Gasteiger partial charge in [-0.15, -0.1) is 0 Å². The summed E-state index contributed by atoms with van der Waals surface area (Å²) in [6, 6.07) is 3.74. The largest absolute Gasteiger partial charge is 0.496 e. The lowest BCUT2D eigenvalue weighted by atomic mass is 10.1. The van der Waals surface area contributed by atoms with E-state index in [0.717, 1.165) is 16.9 Å². The van der Waals surface area contributed by atoms with Crippen LogP contribution in [0.2, 0.25) is 5.02 Å². The molecule has 0 fully saturated rings. The first-order valence-corrected chi connectivity index (χ1v) is 4.93. The maximum atomic E-state index is 9.29. The molecule has 0 bridgehead atoms. The maximum absolute atomic E-state index is 9.29. The average molecular weight is 215 g/mol. The van der Waals surface area contributed by atoms with Crippen molar-refractivity contribution in [1.29, 1.82) is 0 Å². The van der Waals surface area contributed by atoms with Crippen molar-refractivity contribution in [3.05, 3.63) is 28.3 Å². The number of aliphatic hydroxyl groups is 1. The molecule has 1 aromatic rings. The maximum Gasteiger partial charge on any atom is 0.122 e. The summed E-state index contributed by atoms with van der Waals surface area (Å²) in [6.45, 7) is 3.67. The minimum Gasteiger partial charge on any atom is -0.496 e. The Morgan fingerprint density at radius 1 is 1.50 bits per heavy atom.